The first-order chi connectivity index (χ1) is 13.1. The summed E-state index contributed by atoms with van der Waals surface area (Å²) in [6, 6.07) is 13.4. The Bertz CT molecular complexity index is 884. The minimum atomic E-state index is -0.207. The minimum absolute atomic E-state index is 0.0528. The molecule has 1 saturated heterocycles. The van der Waals surface area contributed by atoms with Crippen LogP contribution in [0.1, 0.15) is 11.1 Å². The van der Waals surface area contributed by atoms with Crippen LogP contribution in [0.3, 0.4) is 0 Å². The van der Waals surface area contributed by atoms with Gasteiger partial charge in [-0.25, -0.2) is 0 Å². The monoisotopic (exact) mass is 447 g/mol. The van der Waals surface area contributed by atoms with Gasteiger partial charge in [0.25, 0.3) is 0 Å². The third-order valence-corrected chi connectivity index (χ3v) is 5.47. The van der Waals surface area contributed by atoms with E-state index in [0.717, 1.165) is 15.6 Å². The molecule has 1 N–H and O–H groups in total. The van der Waals surface area contributed by atoms with Crippen LogP contribution in [0.15, 0.2) is 57.1 Å². The van der Waals surface area contributed by atoms with Crippen molar-refractivity contribution in [1.82, 2.24) is 5.32 Å². The maximum atomic E-state index is 12.1. The van der Waals surface area contributed by atoms with Crippen LogP contribution < -0.4 is 14.8 Å². The number of carbonyl (C=O) groups excluding carboxylic acids is 1. The summed E-state index contributed by atoms with van der Waals surface area (Å²) < 4.78 is 11.5. The molecule has 1 amide bonds. The van der Waals surface area contributed by atoms with Gasteiger partial charge in [0.1, 0.15) is 0 Å². The number of amidine groups is 1. The number of halogens is 1. The number of carbonyl (C=O) groups is 1. The molecule has 0 bridgehead atoms. The number of hydrogen-bond donors (Lipinski definition) is 1. The van der Waals surface area contributed by atoms with Crippen LogP contribution in [-0.2, 0) is 11.2 Å². The van der Waals surface area contributed by atoms with Crippen molar-refractivity contribution in [3.8, 4) is 11.5 Å². The van der Waals surface area contributed by atoms with E-state index in [1.54, 1.807) is 32.6 Å². The highest BCUT2D eigenvalue weighted by Crippen LogP contribution is 2.27. The molecule has 6 nitrogen and oxygen atoms in total. The number of ether oxygens (including phenoxy) is 2. The SMILES string of the molecule is COc1ccc(/C=N\N=C2/NC(=O)[C@@H](Cc3ccc(Br)cc3)S2)cc1OC. The summed E-state index contributed by atoms with van der Waals surface area (Å²) in [7, 11) is 3.16. The van der Waals surface area contributed by atoms with Gasteiger partial charge in [0.15, 0.2) is 16.7 Å². The number of nitrogens with one attached hydrogen (secondary N) is 1. The molecule has 2 aromatic rings. The summed E-state index contributed by atoms with van der Waals surface area (Å²) in [5, 5.41) is 11.2. The van der Waals surface area contributed by atoms with Crippen molar-refractivity contribution in [2.24, 2.45) is 10.2 Å². The lowest BCUT2D eigenvalue weighted by atomic mass is 10.1. The summed E-state index contributed by atoms with van der Waals surface area (Å²) in [5.74, 6) is 1.21. The fraction of sp³-hybridized carbons (Fsp3) is 0.211. The zero-order valence-electron chi connectivity index (χ0n) is 14.8. The molecule has 1 heterocycles. The van der Waals surface area contributed by atoms with E-state index in [2.05, 4.69) is 31.4 Å². The first-order valence-corrected chi connectivity index (χ1v) is 9.81. The van der Waals surface area contributed by atoms with E-state index in [9.17, 15) is 4.79 Å². The molecule has 0 saturated carbocycles. The molecule has 0 unspecified atom stereocenters. The van der Waals surface area contributed by atoms with Gasteiger partial charge < -0.3 is 14.8 Å². The van der Waals surface area contributed by atoms with Crippen molar-refractivity contribution in [1.29, 1.82) is 0 Å². The van der Waals surface area contributed by atoms with Crippen molar-refractivity contribution < 1.29 is 14.3 Å². The second-order valence-electron chi connectivity index (χ2n) is 5.69. The average molecular weight is 448 g/mol. The number of hydrogen-bond acceptors (Lipinski definition) is 6. The predicted molar refractivity (Wildman–Crippen MR) is 112 cm³/mol. The van der Waals surface area contributed by atoms with Crippen LogP contribution in [0.2, 0.25) is 0 Å². The fourth-order valence-corrected chi connectivity index (χ4v) is 3.73. The smallest absolute Gasteiger partial charge is 0.239 e. The number of nitrogens with zero attached hydrogens (tertiary/aromatic N) is 2. The fourth-order valence-electron chi connectivity index (χ4n) is 2.50. The van der Waals surface area contributed by atoms with Crippen molar-refractivity contribution in [3.05, 3.63) is 58.1 Å². The van der Waals surface area contributed by atoms with Crippen molar-refractivity contribution in [3.63, 3.8) is 0 Å². The Hall–Kier alpha value is -2.32. The lowest BCUT2D eigenvalue weighted by molar-refractivity contribution is -0.118. The molecule has 1 aliphatic rings. The van der Waals surface area contributed by atoms with Gasteiger partial charge in [0.05, 0.1) is 25.7 Å². The molecule has 1 aliphatic heterocycles. The lowest BCUT2D eigenvalue weighted by Gasteiger charge is -2.07. The third kappa shape index (κ3) is 5.11. The van der Waals surface area contributed by atoms with E-state index in [1.165, 1.54) is 11.8 Å². The number of methoxy groups -OCH3 is 2. The first kappa shape index (κ1) is 19.4. The molecule has 2 aromatic carbocycles. The topological polar surface area (TPSA) is 72.3 Å². The van der Waals surface area contributed by atoms with E-state index in [-0.39, 0.29) is 11.2 Å². The summed E-state index contributed by atoms with van der Waals surface area (Å²) in [6.07, 6.45) is 2.24. The Kier molecular flexibility index (Phi) is 6.52. The summed E-state index contributed by atoms with van der Waals surface area (Å²) in [4.78, 5) is 12.1. The molecule has 0 spiro atoms. The predicted octanol–water partition coefficient (Wildman–Crippen LogP) is 3.63. The molecule has 8 heteroatoms. The Labute approximate surface area is 170 Å². The van der Waals surface area contributed by atoms with Crippen LogP contribution in [0, 0.1) is 0 Å². The Balaban J connectivity index is 1.63. The van der Waals surface area contributed by atoms with E-state index in [4.69, 9.17) is 9.47 Å². The largest absolute Gasteiger partial charge is 0.493 e. The van der Waals surface area contributed by atoms with Crippen LogP contribution in [0.4, 0.5) is 0 Å². The lowest BCUT2D eigenvalue weighted by Crippen LogP contribution is -2.25. The molecule has 1 fully saturated rings. The second kappa shape index (κ2) is 9.05. The van der Waals surface area contributed by atoms with Gasteiger partial charge in [-0.1, -0.05) is 39.8 Å². The van der Waals surface area contributed by atoms with Crippen LogP contribution >= 0.6 is 27.7 Å². The van der Waals surface area contributed by atoms with E-state index >= 15 is 0 Å². The van der Waals surface area contributed by atoms with Crippen LogP contribution in [-0.4, -0.2) is 36.8 Å². The molecular weight excluding hydrogens is 430 g/mol. The van der Waals surface area contributed by atoms with E-state index in [0.29, 0.717) is 23.1 Å². The Morgan fingerprint density at radius 1 is 1.15 bits per heavy atom. The van der Waals surface area contributed by atoms with E-state index < -0.39 is 0 Å². The summed E-state index contributed by atoms with van der Waals surface area (Å²) in [6.45, 7) is 0. The molecule has 27 heavy (non-hydrogen) atoms. The molecule has 0 aromatic heterocycles. The van der Waals surface area contributed by atoms with Crippen molar-refractivity contribution >= 4 is 45.0 Å². The minimum Gasteiger partial charge on any atom is -0.493 e. The molecule has 0 aliphatic carbocycles. The molecule has 140 valence electrons. The van der Waals surface area contributed by atoms with Gasteiger partial charge in [0.2, 0.25) is 5.91 Å². The average Bonchev–Trinajstić information content (AvgIpc) is 3.02. The van der Waals surface area contributed by atoms with Gasteiger partial charge in [-0.2, -0.15) is 5.10 Å². The first-order valence-electron chi connectivity index (χ1n) is 8.14. The Morgan fingerprint density at radius 2 is 1.89 bits per heavy atom. The van der Waals surface area contributed by atoms with Crippen LogP contribution in [0.25, 0.3) is 0 Å². The molecule has 1 atom stereocenters. The second-order valence-corrected chi connectivity index (χ2v) is 7.80. The van der Waals surface area contributed by atoms with E-state index in [1.807, 2.05) is 30.3 Å². The summed E-state index contributed by atoms with van der Waals surface area (Å²) >= 11 is 4.80. The third-order valence-electron chi connectivity index (χ3n) is 3.87. The number of amides is 1. The maximum Gasteiger partial charge on any atom is 0.239 e. The number of thioether (sulfide) groups is 1. The van der Waals surface area contributed by atoms with Gasteiger partial charge in [-0.15, -0.1) is 5.10 Å². The van der Waals surface area contributed by atoms with Gasteiger partial charge in [-0.05, 0) is 47.9 Å². The molecular formula is C19H18BrN3O3S. The normalized spacial score (nSPS) is 18.1. The Morgan fingerprint density at radius 3 is 2.59 bits per heavy atom. The van der Waals surface area contributed by atoms with Gasteiger partial charge in [0, 0.05) is 4.47 Å². The standard InChI is InChI=1S/C19H18BrN3O3S/c1-25-15-8-5-13(9-16(15)26-2)11-21-23-19-22-18(24)17(27-19)10-12-3-6-14(20)7-4-12/h3-9,11,17H,10H2,1-2H3,(H,22,23,24)/b21-11-/t17-/m1/s1. The molecule has 3 rings (SSSR count). The van der Waals surface area contributed by atoms with Crippen molar-refractivity contribution in [2.75, 3.05) is 14.2 Å². The number of rotatable bonds is 6. The number of benzene rings is 2. The highest BCUT2D eigenvalue weighted by molar-refractivity contribution is 9.10. The van der Waals surface area contributed by atoms with Gasteiger partial charge in [-0.3, -0.25) is 4.79 Å². The maximum absolute atomic E-state index is 12.1. The molecule has 0 radical (unpaired) electrons. The van der Waals surface area contributed by atoms with Crippen LogP contribution in [0.5, 0.6) is 11.5 Å². The quantitative estimate of drug-likeness (QED) is 0.541. The highest BCUT2D eigenvalue weighted by atomic mass is 79.9. The summed E-state index contributed by atoms with van der Waals surface area (Å²) in [5.41, 5.74) is 1.92. The zero-order valence-corrected chi connectivity index (χ0v) is 17.2. The zero-order chi connectivity index (χ0) is 19.2. The van der Waals surface area contributed by atoms with Gasteiger partial charge >= 0.3 is 0 Å². The highest BCUT2D eigenvalue weighted by Gasteiger charge is 2.30. The van der Waals surface area contributed by atoms with Crippen molar-refractivity contribution in [2.45, 2.75) is 11.7 Å².